The van der Waals surface area contributed by atoms with E-state index in [9.17, 15) is 9.18 Å². The van der Waals surface area contributed by atoms with Gasteiger partial charge in [0, 0.05) is 31.5 Å². The van der Waals surface area contributed by atoms with Crippen LogP contribution in [0.2, 0.25) is 0 Å². The van der Waals surface area contributed by atoms with Crippen molar-refractivity contribution in [2.75, 3.05) is 30.4 Å². The van der Waals surface area contributed by atoms with E-state index in [2.05, 4.69) is 20.6 Å². The van der Waals surface area contributed by atoms with Crippen molar-refractivity contribution in [3.63, 3.8) is 0 Å². The van der Waals surface area contributed by atoms with Crippen LogP contribution in [0.1, 0.15) is 18.4 Å². The Morgan fingerprint density at radius 2 is 2.06 bits per heavy atom. The molecule has 7 nitrogen and oxygen atoms in total. The molecule has 1 amide bonds. The molecule has 166 valence electrons. The molecule has 4 rings (SSSR count). The molecule has 1 saturated heterocycles. The van der Waals surface area contributed by atoms with Gasteiger partial charge in [-0.25, -0.2) is 9.37 Å². The van der Waals surface area contributed by atoms with Gasteiger partial charge in [-0.1, -0.05) is 12.1 Å². The van der Waals surface area contributed by atoms with Gasteiger partial charge in [-0.3, -0.25) is 4.79 Å². The van der Waals surface area contributed by atoms with Crippen LogP contribution >= 0.6 is 0 Å². The third-order valence-corrected chi connectivity index (χ3v) is 5.44. The van der Waals surface area contributed by atoms with Crippen LogP contribution in [-0.4, -0.2) is 36.1 Å². The third kappa shape index (κ3) is 5.51. The van der Waals surface area contributed by atoms with Gasteiger partial charge >= 0.3 is 0 Å². The van der Waals surface area contributed by atoms with Crippen LogP contribution in [0.5, 0.6) is 5.75 Å². The molecule has 2 heterocycles. The van der Waals surface area contributed by atoms with E-state index in [-0.39, 0.29) is 17.6 Å². The number of methoxy groups -OCH3 is 1. The number of hydrogen-bond donors (Lipinski definition) is 2. The third-order valence-electron chi connectivity index (χ3n) is 5.44. The molecule has 1 aromatic heterocycles. The van der Waals surface area contributed by atoms with E-state index < -0.39 is 0 Å². The topological polar surface area (TPSA) is 79.4 Å². The normalized spacial score (nSPS) is 15.8. The molecule has 0 spiro atoms. The van der Waals surface area contributed by atoms with E-state index in [1.54, 1.807) is 31.5 Å². The van der Waals surface area contributed by atoms with Crippen molar-refractivity contribution >= 4 is 23.4 Å². The van der Waals surface area contributed by atoms with E-state index in [0.29, 0.717) is 24.9 Å². The van der Waals surface area contributed by atoms with E-state index in [1.807, 2.05) is 29.2 Å². The molecule has 32 heavy (non-hydrogen) atoms. The molecule has 2 aromatic carbocycles. The molecule has 3 aromatic rings. The molecule has 1 fully saturated rings. The number of amides is 1. The minimum atomic E-state index is -0.305. The standard InChI is InChI=1S/C24H26FN5O2/c1-32-21-9-7-20(8-10-21)28-22-11-12-26-24(29-22)30-13-3-5-18(16-30)23(31)27-15-17-4-2-6-19(25)14-17/h2,4,6-12,14,18H,3,5,13,15-16H2,1H3,(H,27,31)(H,26,28,29). The van der Waals surface area contributed by atoms with Gasteiger partial charge in [0.1, 0.15) is 17.4 Å². The highest BCUT2D eigenvalue weighted by Gasteiger charge is 2.27. The number of piperidine rings is 1. The summed E-state index contributed by atoms with van der Waals surface area (Å²) in [5, 5.41) is 6.19. The molecule has 2 N–H and O–H groups in total. The van der Waals surface area contributed by atoms with Crippen molar-refractivity contribution < 1.29 is 13.9 Å². The van der Waals surface area contributed by atoms with Crippen molar-refractivity contribution in [1.29, 1.82) is 0 Å². The smallest absolute Gasteiger partial charge is 0.227 e. The number of carbonyl (C=O) groups is 1. The molecule has 8 heteroatoms. The Morgan fingerprint density at radius 3 is 2.84 bits per heavy atom. The number of carbonyl (C=O) groups excluding carboxylic acids is 1. The minimum absolute atomic E-state index is 0.0357. The zero-order chi connectivity index (χ0) is 22.3. The summed E-state index contributed by atoms with van der Waals surface area (Å²) >= 11 is 0. The van der Waals surface area contributed by atoms with Crippen molar-refractivity contribution in [1.82, 2.24) is 15.3 Å². The Labute approximate surface area is 186 Å². The SMILES string of the molecule is COc1ccc(Nc2ccnc(N3CCCC(C(=O)NCc4cccc(F)c4)C3)n2)cc1. The van der Waals surface area contributed by atoms with Gasteiger partial charge in [0.15, 0.2) is 0 Å². The molecule has 1 aliphatic heterocycles. The lowest BCUT2D eigenvalue weighted by molar-refractivity contribution is -0.125. The summed E-state index contributed by atoms with van der Waals surface area (Å²) < 4.78 is 18.5. The second-order valence-electron chi connectivity index (χ2n) is 7.73. The molecule has 1 atom stereocenters. The first-order chi connectivity index (χ1) is 15.6. The molecular formula is C24H26FN5O2. The molecule has 0 aliphatic carbocycles. The summed E-state index contributed by atoms with van der Waals surface area (Å²) in [5.41, 5.74) is 1.63. The van der Waals surface area contributed by atoms with Crippen molar-refractivity contribution in [2.45, 2.75) is 19.4 Å². The fraction of sp³-hybridized carbons (Fsp3) is 0.292. The van der Waals surface area contributed by atoms with E-state index in [1.165, 1.54) is 12.1 Å². The summed E-state index contributed by atoms with van der Waals surface area (Å²) in [6, 6.07) is 15.7. The number of hydrogen-bond acceptors (Lipinski definition) is 6. The van der Waals surface area contributed by atoms with Crippen LogP contribution in [0, 0.1) is 11.7 Å². The quantitative estimate of drug-likeness (QED) is 0.586. The Morgan fingerprint density at radius 1 is 1.22 bits per heavy atom. The lowest BCUT2D eigenvalue weighted by Crippen LogP contribution is -2.43. The number of nitrogens with one attached hydrogen (secondary N) is 2. The predicted molar refractivity (Wildman–Crippen MR) is 121 cm³/mol. The second kappa shape index (κ2) is 10.1. The molecule has 0 saturated carbocycles. The number of benzene rings is 2. The van der Waals surface area contributed by atoms with Gasteiger partial charge in [-0.05, 0) is 60.9 Å². The first-order valence-corrected chi connectivity index (χ1v) is 10.6. The number of nitrogens with zero attached hydrogens (tertiary/aromatic N) is 3. The molecule has 0 radical (unpaired) electrons. The second-order valence-corrected chi connectivity index (χ2v) is 7.73. The predicted octanol–water partition coefficient (Wildman–Crippen LogP) is 3.90. The molecule has 0 bridgehead atoms. The first kappa shape index (κ1) is 21.5. The largest absolute Gasteiger partial charge is 0.497 e. The number of halogens is 1. The Kier molecular flexibility index (Phi) is 6.79. The van der Waals surface area contributed by atoms with Crippen molar-refractivity contribution in [2.24, 2.45) is 5.92 Å². The highest BCUT2D eigenvalue weighted by atomic mass is 19.1. The average molecular weight is 436 g/mol. The molecule has 1 unspecified atom stereocenters. The van der Waals surface area contributed by atoms with Crippen LogP contribution in [0.25, 0.3) is 0 Å². The number of rotatable bonds is 7. The highest BCUT2D eigenvalue weighted by molar-refractivity contribution is 5.79. The molecule has 1 aliphatic rings. The fourth-order valence-corrected chi connectivity index (χ4v) is 3.75. The minimum Gasteiger partial charge on any atom is -0.497 e. The average Bonchev–Trinajstić information content (AvgIpc) is 2.83. The summed E-state index contributed by atoms with van der Waals surface area (Å²) in [7, 11) is 1.63. The summed E-state index contributed by atoms with van der Waals surface area (Å²) in [6.45, 7) is 1.64. The van der Waals surface area contributed by atoms with Crippen molar-refractivity contribution in [3.05, 3.63) is 72.2 Å². The van der Waals surface area contributed by atoms with Gasteiger partial charge in [-0.15, -0.1) is 0 Å². The maximum atomic E-state index is 13.3. The highest BCUT2D eigenvalue weighted by Crippen LogP contribution is 2.23. The monoisotopic (exact) mass is 435 g/mol. The van der Waals surface area contributed by atoms with E-state index in [0.717, 1.165) is 36.4 Å². The van der Waals surface area contributed by atoms with E-state index >= 15 is 0 Å². The van der Waals surface area contributed by atoms with E-state index in [4.69, 9.17) is 4.74 Å². The number of aromatic nitrogens is 2. The van der Waals surface area contributed by atoms with Crippen LogP contribution < -0.4 is 20.3 Å². The summed E-state index contributed by atoms with van der Waals surface area (Å²) in [4.78, 5) is 23.8. The van der Waals surface area contributed by atoms with Crippen molar-refractivity contribution in [3.8, 4) is 5.75 Å². The van der Waals surface area contributed by atoms with Crippen LogP contribution in [0.3, 0.4) is 0 Å². The summed E-state index contributed by atoms with van der Waals surface area (Å²) in [6.07, 6.45) is 3.38. The van der Waals surface area contributed by atoms with Crippen LogP contribution in [0.15, 0.2) is 60.8 Å². The Hall–Kier alpha value is -3.68. The maximum absolute atomic E-state index is 13.3. The molecular weight excluding hydrogens is 409 g/mol. The summed E-state index contributed by atoms with van der Waals surface area (Å²) in [5.74, 6) is 1.55. The van der Waals surface area contributed by atoms with Gasteiger partial charge in [0.2, 0.25) is 11.9 Å². The Balaban J connectivity index is 1.37. The van der Waals surface area contributed by atoms with Gasteiger partial charge in [0.05, 0.1) is 13.0 Å². The zero-order valence-corrected chi connectivity index (χ0v) is 17.9. The van der Waals surface area contributed by atoms with Gasteiger partial charge in [0.25, 0.3) is 0 Å². The fourth-order valence-electron chi connectivity index (χ4n) is 3.75. The lowest BCUT2D eigenvalue weighted by Gasteiger charge is -2.32. The number of anilines is 3. The lowest BCUT2D eigenvalue weighted by atomic mass is 9.97. The zero-order valence-electron chi connectivity index (χ0n) is 17.9. The van der Waals surface area contributed by atoms with Gasteiger partial charge < -0.3 is 20.3 Å². The first-order valence-electron chi connectivity index (χ1n) is 10.6. The van der Waals surface area contributed by atoms with Crippen LogP contribution in [0.4, 0.5) is 21.8 Å². The number of ether oxygens (including phenoxy) is 1. The van der Waals surface area contributed by atoms with Gasteiger partial charge in [-0.2, -0.15) is 4.98 Å². The van der Waals surface area contributed by atoms with Crippen LogP contribution in [-0.2, 0) is 11.3 Å². The maximum Gasteiger partial charge on any atom is 0.227 e. The Bertz CT molecular complexity index is 1060.